The molecule has 1 atom stereocenters. The number of anilines is 1. The van der Waals surface area contributed by atoms with Crippen molar-refractivity contribution in [3.8, 4) is 5.75 Å². The van der Waals surface area contributed by atoms with Crippen LogP contribution in [0.15, 0.2) is 42.5 Å². The number of hydrogen-bond acceptors (Lipinski definition) is 5. The van der Waals surface area contributed by atoms with Crippen molar-refractivity contribution >= 4 is 50.7 Å². The summed E-state index contributed by atoms with van der Waals surface area (Å²) in [5.74, 6) is 0.148. The molecule has 0 saturated carbocycles. The highest BCUT2D eigenvalue weighted by atomic mass is 35.5. The molecule has 0 aliphatic carbocycles. The molecule has 36 heavy (non-hydrogen) atoms. The Bertz CT molecular complexity index is 1160. The molecule has 0 fully saturated rings. The third kappa shape index (κ3) is 8.28. The Morgan fingerprint density at radius 2 is 1.83 bits per heavy atom. The van der Waals surface area contributed by atoms with Crippen molar-refractivity contribution in [2.45, 2.75) is 45.7 Å². The van der Waals surface area contributed by atoms with Crippen molar-refractivity contribution in [2.24, 2.45) is 0 Å². The van der Waals surface area contributed by atoms with Crippen molar-refractivity contribution in [1.82, 2.24) is 10.2 Å². The molecular formula is C25H33Cl2N3O5S. The lowest BCUT2D eigenvalue weighted by Gasteiger charge is -2.31. The van der Waals surface area contributed by atoms with Crippen molar-refractivity contribution in [3.05, 3.63) is 58.1 Å². The Morgan fingerprint density at radius 3 is 2.44 bits per heavy atom. The summed E-state index contributed by atoms with van der Waals surface area (Å²) < 4.78 is 31.4. The first-order valence-electron chi connectivity index (χ1n) is 11.6. The number of nitrogens with zero attached hydrogens (tertiary/aromatic N) is 2. The zero-order valence-corrected chi connectivity index (χ0v) is 23.3. The van der Waals surface area contributed by atoms with Gasteiger partial charge in [-0.2, -0.15) is 0 Å². The standard InChI is InChI=1S/C25H33Cl2N3O5S/c1-5-22(25(32)28-6-2)29(17-18-9-7-10-20(15-18)35-3)24(31)11-8-14-30(36(4,33)34)23-16-19(26)12-13-21(23)27/h7,9-10,12-13,15-16,22H,5-6,8,11,14,17H2,1-4H3,(H,28,32). The third-order valence-corrected chi connectivity index (χ3v) is 7.29. The van der Waals surface area contributed by atoms with Crippen LogP contribution in [-0.2, 0) is 26.2 Å². The van der Waals surface area contributed by atoms with E-state index in [-0.39, 0.29) is 48.5 Å². The molecule has 0 aliphatic rings. The number of sulfonamides is 1. The molecule has 0 bridgehead atoms. The van der Waals surface area contributed by atoms with Gasteiger partial charge in [-0.3, -0.25) is 13.9 Å². The number of methoxy groups -OCH3 is 1. The molecule has 11 heteroatoms. The van der Waals surface area contributed by atoms with Crippen LogP contribution >= 0.6 is 23.2 Å². The third-order valence-electron chi connectivity index (χ3n) is 5.55. The lowest BCUT2D eigenvalue weighted by molar-refractivity contribution is -0.141. The zero-order chi connectivity index (χ0) is 26.9. The molecule has 0 aromatic heterocycles. The molecule has 8 nitrogen and oxygen atoms in total. The second-order valence-electron chi connectivity index (χ2n) is 8.23. The molecule has 1 N–H and O–H groups in total. The Kier molecular flexibility index (Phi) is 11.3. The van der Waals surface area contributed by atoms with Gasteiger partial charge >= 0.3 is 0 Å². The maximum absolute atomic E-state index is 13.4. The second kappa shape index (κ2) is 13.7. The van der Waals surface area contributed by atoms with Gasteiger partial charge in [0, 0.05) is 31.1 Å². The van der Waals surface area contributed by atoms with E-state index in [1.54, 1.807) is 19.2 Å². The summed E-state index contributed by atoms with van der Waals surface area (Å²) in [7, 11) is -2.13. The normalized spacial score (nSPS) is 12.1. The average molecular weight is 559 g/mol. The highest BCUT2D eigenvalue weighted by Crippen LogP contribution is 2.31. The zero-order valence-electron chi connectivity index (χ0n) is 21.0. The summed E-state index contributed by atoms with van der Waals surface area (Å²) in [6, 6.07) is 11.2. The monoisotopic (exact) mass is 557 g/mol. The Labute approximate surface area is 223 Å². The number of benzene rings is 2. The summed E-state index contributed by atoms with van der Waals surface area (Å²) >= 11 is 12.3. The van der Waals surface area contributed by atoms with Crippen LogP contribution in [0.3, 0.4) is 0 Å². The van der Waals surface area contributed by atoms with E-state index in [0.29, 0.717) is 23.7 Å². The minimum Gasteiger partial charge on any atom is -0.497 e. The van der Waals surface area contributed by atoms with Crippen LogP contribution in [0.1, 0.15) is 38.7 Å². The molecule has 0 spiro atoms. The summed E-state index contributed by atoms with van der Waals surface area (Å²) in [5, 5.41) is 3.37. The van der Waals surface area contributed by atoms with E-state index in [0.717, 1.165) is 16.1 Å². The Balaban J connectivity index is 2.25. The van der Waals surface area contributed by atoms with Crippen LogP contribution in [0.5, 0.6) is 5.75 Å². The van der Waals surface area contributed by atoms with E-state index >= 15 is 0 Å². The van der Waals surface area contributed by atoms with Gasteiger partial charge in [-0.05, 0) is 55.7 Å². The molecule has 2 aromatic carbocycles. The lowest BCUT2D eigenvalue weighted by atomic mass is 10.1. The van der Waals surface area contributed by atoms with E-state index in [4.69, 9.17) is 27.9 Å². The fourth-order valence-corrected chi connectivity index (χ4v) is 5.24. The molecule has 0 saturated heterocycles. The molecule has 0 heterocycles. The van der Waals surface area contributed by atoms with Gasteiger partial charge in [0.15, 0.2) is 0 Å². The molecule has 198 valence electrons. The number of halogens is 2. The lowest BCUT2D eigenvalue weighted by Crippen LogP contribution is -2.49. The average Bonchev–Trinajstić information content (AvgIpc) is 2.83. The van der Waals surface area contributed by atoms with Crippen molar-refractivity contribution in [3.63, 3.8) is 0 Å². The van der Waals surface area contributed by atoms with Gasteiger partial charge in [0.05, 0.1) is 24.1 Å². The minimum atomic E-state index is -3.69. The molecule has 0 aliphatic heterocycles. The number of carbonyl (C=O) groups is 2. The summed E-state index contributed by atoms with van der Waals surface area (Å²) in [6.07, 6.45) is 1.75. The highest BCUT2D eigenvalue weighted by Gasteiger charge is 2.29. The quantitative estimate of drug-likeness (QED) is 0.391. The smallest absolute Gasteiger partial charge is 0.242 e. The van der Waals surface area contributed by atoms with Gasteiger partial charge in [-0.25, -0.2) is 8.42 Å². The van der Waals surface area contributed by atoms with E-state index in [9.17, 15) is 18.0 Å². The van der Waals surface area contributed by atoms with E-state index in [1.165, 1.54) is 17.0 Å². The van der Waals surface area contributed by atoms with Crippen molar-refractivity contribution in [2.75, 3.05) is 30.8 Å². The van der Waals surface area contributed by atoms with Gasteiger partial charge < -0.3 is 15.0 Å². The number of hydrogen-bond donors (Lipinski definition) is 1. The molecule has 1 unspecified atom stereocenters. The summed E-state index contributed by atoms with van der Waals surface area (Å²) in [6.45, 7) is 4.34. The van der Waals surface area contributed by atoms with Gasteiger partial charge in [0.25, 0.3) is 0 Å². The SMILES string of the molecule is CCNC(=O)C(CC)N(Cc1cccc(OC)c1)C(=O)CCCN(c1cc(Cl)ccc1Cl)S(C)(=O)=O. The van der Waals surface area contributed by atoms with Crippen molar-refractivity contribution in [1.29, 1.82) is 0 Å². The summed E-state index contributed by atoms with van der Waals surface area (Å²) in [5.41, 5.74) is 1.06. The van der Waals surface area contributed by atoms with E-state index in [2.05, 4.69) is 5.32 Å². The fourth-order valence-electron chi connectivity index (χ4n) is 3.84. The molecule has 2 amide bonds. The van der Waals surface area contributed by atoms with Gasteiger partial charge in [0.1, 0.15) is 11.8 Å². The first-order chi connectivity index (χ1) is 17.0. The van der Waals surface area contributed by atoms with Crippen LogP contribution in [0, 0.1) is 0 Å². The molecular weight excluding hydrogens is 525 g/mol. The minimum absolute atomic E-state index is 0.0234. The number of carbonyl (C=O) groups excluding carboxylic acids is 2. The molecule has 2 rings (SSSR count). The number of rotatable bonds is 13. The first-order valence-corrected chi connectivity index (χ1v) is 14.2. The van der Waals surface area contributed by atoms with Gasteiger partial charge in [-0.1, -0.05) is 42.3 Å². The van der Waals surface area contributed by atoms with Crippen LogP contribution in [0.4, 0.5) is 5.69 Å². The maximum Gasteiger partial charge on any atom is 0.242 e. The topological polar surface area (TPSA) is 96.0 Å². The van der Waals surface area contributed by atoms with Gasteiger partial charge in [-0.15, -0.1) is 0 Å². The van der Waals surface area contributed by atoms with Crippen LogP contribution in [-0.4, -0.2) is 57.6 Å². The number of likely N-dealkylation sites (N-methyl/N-ethyl adjacent to an activating group) is 1. The molecule has 2 aromatic rings. The van der Waals surface area contributed by atoms with Crippen LogP contribution in [0.25, 0.3) is 0 Å². The first kappa shape index (κ1) is 29.7. The van der Waals surface area contributed by atoms with Crippen LogP contribution < -0.4 is 14.4 Å². The van der Waals surface area contributed by atoms with E-state index < -0.39 is 16.1 Å². The number of nitrogens with one attached hydrogen (secondary N) is 1. The van der Waals surface area contributed by atoms with Crippen LogP contribution in [0.2, 0.25) is 10.0 Å². The Morgan fingerprint density at radius 1 is 1.11 bits per heavy atom. The fraction of sp³-hybridized carbons (Fsp3) is 0.440. The maximum atomic E-state index is 13.4. The van der Waals surface area contributed by atoms with Gasteiger partial charge in [0.2, 0.25) is 21.8 Å². The second-order valence-corrected chi connectivity index (χ2v) is 11.0. The summed E-state index contributed by atoms with van der Waals surface area (Å²) in [4.78, 5) is 27.7. The number of ether oxygens (including phenoxy) is 1. The largest absolute Gasteiger partial charge is 0.497 e. The Hall–Kier alpha value is -2.49. The molecule has 0 radical (unpaired) electrons. The van der Waals surface area contributed by atoms with E-state index in [1.807, 2.05) is 32.0 Å². The predicted octanol–water partition coefficient (Wildman–Crippen LogP) is 4.49. The van der Waals surface area contributed by atoms with Crippen molar-refractivity contribution < 1.29 is 22.7 Å². The highest BCUT2D eigenvalue weighted by molar-refractivity contribution is 7.92. The number of amides is 2. The predicted molar refractivity (Wildman–Crippen MR) is 144 cm³/mol.